The van der Waals surface area contributed by atoms with Crippen LogP contribution in [0, 0.1) is 18.8 Å². The Kier molecular flexibility index (Phi) is 10.7. The number of halogens is 1. The highest BCUT2D eigenvalue weighted by atomic mass is 35.5. The van der Waals surface area contributed by atoms with Crippen molar-refractivity contribution in [2.45, 2.75) is 85.3 Å². The fraction of sp³-hybridized carbons (Fsp3) is 0.515. The molecule has 0 spiro atoms. The van der Waals surface area contributed by atoms with E-state index in [-0.39, 0.29) is 24.0 Å². The van der Waals surface area contributed by atoms with Crippen LogP contribution in [0.25, 0.3) is 11.0 Å². The molecule has 42 heavy (non-hydrogen) atoms. The molecule has 226 valence electrons. The van der Waals surface area contributed by atoms with E-state index < -0.39 is 0 Å². The van der Waals surface area contributed by atoms with Gasteiger partial charge in [-0.25, -0.2) is 4.98 Å². The molecule has 1 unspecified atom stereocenters. The first kappa shape index (κ1) is 31.5. The largest absolute Gasteiger partial charge is 0.489 e. The Labute approximate surface area is 254 Å². The van der Waals surface area contributed by atoms with Gasteiger partial charge in [0.15, 0.2) is 0 Å². The van der Waals surface area contributed by atoms with Gasteiger partial charge in [-0.05, 0) is 81.2 Å². The Morgan fingerprint density at radius 2 is 2.00 bits per heavy atom. The van der Waals surface area contributed by atoms with Crippen molar-refractivity contribution in [2.24, 2.45) is 11.8 Å². The van der Waals surface area contributed by atoms with Crippen LogP contribution in [-0.4, -0.2) is 50.4 Å². The van der Waals surface area contributed by atoms with Crippen molar-refractivity contribution in [2.75, 3.05) is 18.4 Å². The molecule has 2 amide bonds. The summed E-state index contributed by atoms with van der Waals surface area (Å²) < 4.78 is 8.58. The molecule has 9 heteroatoms. The highest BCUT2D eigenvalue weighted by molar-refractivity contribution is 6.36. The van der Waals surface area contributed by atoms with Crippen molar-refractivity contribution < 1.29 is 14.3 Å². The lowest BCUT2D eigenvalue weighted by atomic mass is 9.90. The average molecular weight is 594 g/mol. The number of benzene rings is 1. The van der Waals surface area contributed by atoms with E-state index in [2.05, 4.69) is 44.6 Å². The van der Waals surface area contributed by atoms with Gasteiger partial charge in [-0.1, -0.05) is 52.3 Å². The highest BCUT2D eigenvalue weighted by Gasteiger charge is 2.29. The lowest BCUT2D eigenvalue weighted by Crippen LogP contribution is -2.34. The number of imidazole rings is 1. The summed E-state index contributed by atoms with van der Waals surface area (Å²) in [6.07, 6.45) is 8.65. The van der Waals surface area contributed by atoms with Crippen LogP contribution < -0.4 is 10.1 Å². The molecule has 4 rings (SSSR count). The smallest absolute Gasteiger partial charge is 0.258 e. The van der Waals surface area contributed by atoms with E-state index in [1.807, 2.05) is 28.5 Å². The summed E-state index contributed by atoms with van der Waals surface area (Å²) in [5, 5.41) is 3.48. The van der Waals surface area contributed by atoms with Crippen molar-refractivity contribution in [3.8, 4) is 5.75 Å². The van der Waals surface area contributed by atoms with Gasteiger partial charge < -0.3 is 14.2 Å². The molecule has 0 aliphatic carbocycles. The van der Waals surface area contributed by atoms with Gasteiger partial charge in [0.25, 0.3) is 5.91 Å². The highest BCUT2D eigenvalue weighted by Crippen LogP contribution is 2.39. The maximum absolute atomic E-state index is 13.4. The van der Waals surface area contributed by atoms with Crippen LogP contribution in [0.5, 0.6) is 5.75 Å². The van der Waals surface area contributed by atoms with Gasteiger partial charge >= 0.3 is 0 Å². The lowest BCUT2D eigenvalue weighted by Gasteiger charge is -2.28. The SMILES string of the molecule is C=CC(=O)N1CCCC[C@@H](n2c(NC(=O)c3ccnc(C)c3)nc3ccc(O[C@H](CC)C(C)C[C@@H](C)CC)c(Cl)c32)C1. The van der Waals surface area contributed by atoms with Gasteiger partial charge in [-0.3, -0.25) is 19.9 Å². The van der Waals surface area contributed by atoms with Crippen molar-refractivity contribution >= 4 is 40.4 Å². The van der Waals surface area contributed by atoms with E-state index >= 15 is 0 Å². The molecule has 1 fully saturated rings. The Morgan fingerprint density at radius 3 is 2.69 bits per heavy atom. The number of hydrogen-bond acceptors (Lipinski definition) is 5. The number of pyridine rings is 1. The number of fused-ring (bicyclic) bond motifs is 1. The zero-order valence-corrected chi connectivity index (χ0v) is 26.3. The van der Waals surface area contributed by atoms with Crippen LogP contribution in [0.1, 0.15) is 88.3 Å². The third kappa shape index (κ3) is 7.14. The molecule has 1 aliphatic rings. The minimum absolute atomic E-state index is 0.0120. The van der Waals surface area contributed by atoms with Crippen molar-refractivity contribution in [1.82, 2.24) is 19.4 Å². The van der Waals surface area contributed by atoms with E-state index in [0.717, 1.165) is 44.2 Å². The normalized spacial score (nSPS) is 17.8. The van der Waals surface area contributed by atoms with Crippen LogP contribution in [0.2, 0.25) is 5.02 Å². The number of nitrogens with one attached hydrogen (secondary N) is 1. The number of amides is 2. The zero-order valence-electron chi connectivity index (χ0n) is 25.5. The first-order valence-electron chi connectivity index (χ1n) is 15.2. The molecule has 3 aromatic rings. The van der Waals surface area contributed by atoms with Gasteiger partial charge in [0.05, 0.1) is 17.1 Å². The van der Waals surface area contributed by atoms with Gasteiger partial charge in [0.1, 0.15) is 16.9 Å². The summed E-state index contributed by atoms with van der Waals surface area (Å²) in [6.45, 7) is 15.5. The third-order valence-corrected chi connectivity index (χ3v) is 8.79. The number of carbonyl (C=O) groups excluding carboxylic acids is 2. The molecule has 1 N–H and O–H groups in total. The molecular weight excluding hydrogens is 550 g/mol. The second-order valence-corrected chi connectivity index (χ2v) is 12.0. The minimum atomic E-state index is -0.290. The number of ether oxygens (including phenoxy) is 1. The standard InChI is InChI=1S/C33H44ClN5O3/c1-7-21(4)18-22(5)27(8-2)42-28-14-13-26-31(30(28)34)39(25-12-10-11-17-38(20-25)29(40)9-3)33(36-26)37-32(41)24-15-16-35-23(6)19-24/h9,13-16,19,21-22,25,27H,3,7-8,10-12,17-18,20H2,1-2,4-6H3,(H,36,37,41)/t21-,22?,25+,27+/m0/s1. The minimum Gasteiger partial charge on any atom is -0.489 e. The van der Waals surface area contributed by atoms with E-state index in [1.165, 1.54) is 6.08 Å². The molecule has 8 nitrogen and oxygen atoms in total. The maximum Gasteiger partial charge on any atom is 0.258 e. The first-order valence-corrected chi connectivity index (χ1v) is 15.6. The predicted molar refractivity (Wildman–Crippen MR) is 169 cm³/mol. The molecule has 2 aromatic heterocycles. The Morgan fingerprint density at radius 1 is 1.21 bits per heavy atom. The maximum atomic E-state index is 13.4. The molecule has 0 radical (unpaired) electrons. The average Bonchev–Trinajstić information content (AvgIpc) is 3.17. The molecule has 1 saturated heterocycles. The van der Waals surface area contributed by atoms with E-state index in [4.69, 9.17) is 21.3 Å². The fourth-order valence-electron chi connectivity index (χ4n) is 5.90. The molecule has 4 atom stereocenters. The summed E-state index contributed by atoms with van der Waals surface area (Å²) >= 11 is 7.16. The Hall–Kier alpha value is -3.39. The first-order chi connectivity index (χ1) is 20.2. The number of carbonyl (C=O) groups is 2. The van der Waals surface area contributed by atoms with E-state index in [9.17, 15) is 9.59 Å². The van der Waals surface area contributed by atoms with Crippen LogP contribution in [0.3, 0.4) is 0 Å². The quantitative estimate of drug-likeness (QED) is 0.231. The predicted octanol–water partition coefficient (Wildman–Crippen LogP) is 7.61. The number of nitrogens with zero attached hydrogens (tertiary/aromatic N) is 4. The number of aryl methyl sites for hydroxylation is 1. The summed E-state index contributed by atoms with van der Waals surface area (Å²) in [4.78, 5) is 36.9. The number of rotatable bonds is 11. The van der Waals surface area contributed by atoms with Crippen LogP contribution in [0.4, 0.5) is 5.95 Å². The molecule has 1 aromatic carbocycles. The summed E-state index contributed by atoms with van der Waals surface area (Å²) in [5.74, 6) is 1.56. The number of hydrogen-bond donors (Lipinski definition) is 1. The summed E-state index contributed by atoms with van der Waals surface area (Å²) in [5.41, 5.74) is 2.58. The van der Waals surface area contributed by atoms with Crippen LogP contribution in [-0.2, 0) is 4.79 Å². The second kappa shape index (κ2) is 14.2. The van der Waals surface area contributed by atoms with Gasteiger partial charge in [-0.15, -0.1) is 0 Å². The molecule has 0 bridgehead atoms. The zero-order chi connectivity index (χ0) is 30.4. The van der Waals surface area contributed by atoms with Gasteiger partial charge in [0.2, 0.25) is 11.9 Å². The molecular formula is C33H44ClN5O3. The third-order valence-electron chi connectivity index (χ3n) is 8.42. The monoisotopic (exact) mass is 593 g/mol. The number of anilines is 1. The van der Waals surface area contributed by atoms with E-state index in [1.54, 1.807) is 18.3 Å². The number of likely N-dealkylation sites (tertiary alicyclic amines) is 1. The van der Waals surface area contributed by atoms with Crippen LogP contribution >= 0.6 is 11.6 Å². The lowest BCUT2D eigenvalue weighted by molar-refractivity contribution is -0.126. The van der Waals surface area contributed by atoms with Crippen LogP contribution in [0.15, 0.2) is 43.1 Å². The Bertz CT molecular complexity index is 1420. The number of aromatic nitrogens is 3. The summed E-state index contributed by atoms with van der Waals surface area (Å²) in [6, 6.07) is 7.03. The Balaban J connectivity index is 1.78. The molecule has 1 aliphatic heterocycles. The molecule has 3 heterocycles. The van der Waals surface area contributed by atoms with Gasteiger partial charge in [-0.2, -0.15) is 0 Å². The molecule has 0 saturated carbocycles. The second-order valence-electron chi connectivity index (χ2n) is 11.6. The fourth-order valence-corrected chi connectivity index (χ4v) is 6.20. The van der Waals surface area contributed by atoms with Crippen molar-refractivity contribution in [3.05, 3.63) is 59.4 Å². The van der Waals surface area contributed by atoms with E-state index in [0.29, 0.717) is 58.2 Å². The topological polar surface area (TPSA) is 89.4 Å². The summed E-state index contributed by atoms with van der Waals surface area (Å²) in [7, 11) is 0. The van der Waals surface area contributed by atoms with Crippen molar-refractivity contribution in [3.63, 3.8) is 0 Å². The van der Waals surface area contributed by atoms with Crippen molar-refractivity contribution in [1.29, 1.82) is 0 Å². The van der Waals surface area contributed by atoms with Gasteiger partial charge in [0, 0.05) is 30.5 Å².